The third-order valence-electron chi connectivity index (χ3n) is 2.54. The van der Waals surface area contributed by atoms with E-state index in [1.165, 1.54) is 5.56 Å². The van der Waals surface area contributed by atoms with E-state index in [0.29, 0.717) is 5.56 Å². The highest BCUT2D eigenvalue weighted by Gasteiger charge is 2.06. The van der Waals surface area contributed by atoms with Gasteiger partial charge in [-0.1, -0.05) is 0 Å². The van der Waals surface area contributed by atoms with Gasteiger partial charge in [0.1, 0.15) is 5.82 Å². The monoisotopic (exact) mass is 246 g/mol. The number of nitrogens with zero attached hydrogens (tertiary/aromatic N) is 2. The number of ketones is 1. The molecule has 0 aliphatic heterocycles. The van der Waals surface area contributed by atoms with E-state index in [2.05, 4.69) is 21.8 Å². The average molecular weight is 246 g/mol. The highest BCUT2D eigenvalue weighted by Crippen LogP contribution is 2.15. The molecule has 2 rings (SSSR count). The van der Waals surface area contributed by atoms with E-state index in [9.17, 15) is 4.79 Å². The molecule has 4 heteroatoms. The van der Waals surface area contributed by atoms with Crippen molar-refractivity contribution in [1.29, 1.82) is 0 Å². The van der Waals surface area contributed by atoms with Crippen LogP contribution in [0.25, 0.3) is 0 Å². The van der Waals surface area contributed by atoms with Crippen LogP contribution in [0, 0.1) is 0 Å². The molecule has 0 spiro atoms. The van der Waals surface area contributed by atoms with Crippen molar-refractivity contribution in [2.24, 2.45) is 0 Å². The van der Waals surface area contributed by atoms with E-state index in [0.717, 1.165) is 12.4 Å². The van der Waals surface area contributed by atoms with Crippen LogP contribution in [-0.2, 0) is 6.54 Å². The number of carbonyl (C=O) groups excluding carboxylic acids is 1. The van der Waals surface area contributed by atoms with Crippen molar-refractivity contribution in [2.75, 3.05) is 11.9 Å². The number of anilines is 1. The zero-order chi connectivity index (χ0) is 12.3. The van der Waals surface area contributed by atoms with Gasteiger partial charge in [0.05, 0.1) is 0 Å². The molecule has 0 unspecified atom stereocenters. The molecule has 0 aliphatic rings. The fraction of sp³-hybridized carbons (Fsp3) is 0.231. The van der Waals surface area contributed by atoms with E-state index >= 15 is 0 Å². The van der Waals surface area contributed by atoms with E-state index in [4.69, 9.17) is 0 Å². The molecule has 17 heavy (non-hydrogen) atoms. The van der Waals surface area contributed by atoms with Crippen LogP contribution in [0.5, 0.6) is 0 Å². The molecule has 88 valence electrons. The Kier molecular flexibility index (Phi) is 3.54. The van der Waals surface area contributed by atoms with Gasteiger partial charge in [0.2, 0.25) is 0 Å². The van der Waals surface area contributed by atoms with Gasteiger partial charge in [0.15, 0.2) is 5.78 Å². The van der Waals surface area contributed by atoms with Crippen LogP contribution in [0.3, 0.4) is 0 Å². The zero-order valence-corrected chi connectivity index (χ0v) is 10.7. The Morgan fingerprint density at radius 2 is 2.29 bits per heavy atom. The highest BCUT2D eigenvalue weighted by atomic mass is 32.1. The van der Waals surface area contributed by atoms with Crippen LogP contribution in [0.15, 0.2) is 35.2 Å². The van der Waals surface area contributed by atoms with Crippen LogP contribution < -0.4 is 4.90 Å². The lowest BCUT2D eigenvalue weighted by atomic mass is 10.2. The first-order valence-electron chi connectivity index (χ1n) is 5.36. The molecule has 0 saturated carbocycles. The molecule has 0 atom stereocenters. The Morgan fingerprint density at radius 1 is 1.47 bits per heavy atom. The molecule has 2 heterocycles. The van der Waals surface area contributed by atoms with Crippen molar-refractivity contribution in [1.82, 2.24) is 4.98 Å². The van der Waals surface area contributed by atoms with Crippen molar-refractivity contribution in [3.05, 3.63) is 46.3 Å². The number of thiophene rings is 1. The lowest BCUT2D eigenvalue weighted by Gasteiger charge is -2.17. The lowest BCUT2D eigenvalue weighted by Crippen LogP contribution is -2.17. The van der Waals surface area contributed by atoms with Gasteiger partial charge in [-0.15, -0.1) is 0 Å². The highest BCUT2D eigenvalue weighted by molar-refractivity contribution is 7.07. The molecule has 0 N–H and O–H groups in total. The first kappa shape index (κ1) is 11.8. The van der Waals surface area contributed by atoms with Crippen LogP contribution in [0.1, 0.15) is 22.8 Å². The fourth-order valence-electron chi connectivity index (χ4n) is 1.58. The Bertz CT molecular complexity index is 508. The second-order valence-corrected chi connectivity index (χ2v) is 4.73. The average Bonchev–Trinajstić information content (AvgIpc) is 2.82. The molecule has 0 amide bonds. The minimum absolute atomic E-state index is 0.0672. The quantitative estimate of drug-likeness (QED) is 0.778. The van der Waals surface area contributed by atoms with Gasteiger partial charge in [0, 0.05) is 25.4 Å². The summed E-state index contributed by atoms with van der Waals surface area (Å²) in [5.74, 6) is 0.890. The lowest BCUT2D eigenvalue weighted by molar-refractivity contribution is 0.101. The van der Waals surface area contributed by atoms with Crippen molar-refractivity contribution in [3.8, 4) is 0 Å². The minimum Gasteiger partial charge on any atom is -0.355 e. The first-order chi connectivity index (χ1) is 8.16. The third kappa shape index (κ3) is 2.91. The van der Waals surface area contributed by atoms with E-state index < -0.39 is 0 Å². The second-order valence-electron chi connectivity index (χ2n) is 3.95. The van der Waals surface area contributed by atoms with Gasteiger partial charge in [-0.2, -0.15) is 11.3 Å². The van der Waals surface area contributed by atoms with Gasteiger partial charge in [-0.05, 0) is 41.4 Å². The first-order valence-corrected chi connectivity index (χ1v) is 6.30. The third-order valence-corrected chi connectivity index (χ3v) is 3.28. The number of Topliss-reactive ketones (excluding diaryl/α,β-unsaturated/α-hetero) is 1. The van der Waals surface area contributed by atoms with Gasteiger partial charge in [-0.25, -0.2) is 4.98 Å². The maximum absolute atomic E-state index is 11.3. The summed E-state index contributed by atoms with van der Waals surface area (Å²) in [4.78, 5) is 17.6. The number of pyridine rings is 1. The molecule has 2 aromatic heterocycles. The summed E-state index contributed by atoms with van der Waals surface area (Å²) in [6.07, 6.45) is 1.68. The Hall–Kier alpha value is -1.68. The maximum atomic E-state index is 11.3. The number of aromatic nitrogens is 1. The molecule has 0 aliphatic carbocycles. The smallest absolute Gasteiger partial charge is 0.159 e. The Labute approximate surface area is 105 Å². The SMILES string of the molecule is CC(=O)c1ccnc(N(C)Cc2ccsc2)c1. The second kappa shape index (κ2) is 5.10. The predicted octanol–water partition coefficient (Wildman–Crippen LogP) is 2.98. The van der Waals surface area contributed by atoms with Crippen LogP contribution in [0.4, 0.5) is 5.82 Å². The normalized spacial score (nSPS) is 10.2. The number of hydrogen-bond acceptors (Lipinski definition) is 4. The van der Waals surface area contributed by atoms with Crippen molar-refractivity contribution in [3.63, 3.8) is 0 Å². The van der Waals surface area contributed by atoms with Crippen LogP contribution in [0.2, 0.25) is 0 Å². The number of carbonyl (C=O) groups is 1. The molecule has 0 fully saturated rings. The van der Waals surface area contributed by atoms with E-state index in [1.807, 2.05) is 18.0 Å². The van der Waals surface area contributed by atoms with Crippen LogP contribution >= 0.6 is 11.3 Å². The van der Waals surface area contributed by atoms with E-state index in [1.54, 1.807) is 30.5 Å². The summed E-state index contributed by atoms with van der Waals surface area (Å²) in [6, 6.07) is 5.66. The van der Waals surface area contributed by atoms with Crippen LogP contribution in [-0.4, -0.2) is 17.8 Å². The molecular formula is C13H14N2OS. The van der Waals surface area contributed by atoms with Crippen molar-refractivity contribution in [2.45, 2.75) is 13.5 Å². The number of rotatable bonds is 4. The van der Waals surface area contributed by atoms with Gasteiger partial charge in [0.25, 0.3) is 0 Å². The summed E-state index contributed by atoms with van der Waals surface area (Å²) < 4.78 is 0. The van der Waals surface area contributed by atoms with Gasteiger partial charge >= 0.3 is 0 Å². The molecular weight excluding hydrogens is 232 g/mol. The standard InChI is InChI=1S/C13H14N2OS/c1-10(16)12-3-5-14-13(7-12)15(2)8-11-4-6-17-9-11/h3-7,9H,8H2,1-2H3. The Balaban J connectivity index is 2.16. The Morgan fingerprint density at radius 3 is 2.94 bits per heavy atom. The summed E-state index contributed by atoms with van der Waals surface area (Å²) in [7, 11) is 1.98. The molecule has 0 saturated heterocycles. The predicted molar refractivity (Wildman–Crippen MR) is 70.7 cm³/mol. The summed E-state index contributed by atoms with van der Waals surface area (Å²) in [5.41, 5.74) is 1.96. The van der Waals surface area contributed by atoms with Crippen molar-refractivity contribution >= 4 is 22.9 Å². The zero-order valence-electron chi connectivity index (χ0n) is 9.88. The maximum Gasteiger partial charge on any atom is 0.159 e. The summed E-state index contributed by atoms with van der Waals surface area (Å²) >= 11 is 1.68. The molecule has 2 aromatic rings. The summed E-state index contributed by atoms with van der Waals surface area (Å²) in [6.45, 7) is 2.37. The molecule has 3 nitrogen and oxygen atoms in total. The van der Waals surface area contributed by atoms with Gasteiger partial charge < -0.3 is 4.90 Å². The number of hydrogen-bond donors (Lipinski definition) is 0. The largest absolute Gasteiger partial charge is 0.355 e. The molecule has 0 aromatic carbocycles. The fourth-order valence-corrected chi connectivity index (χ4v) is 2.24. The molecule has 0 bridgehead atoms. The summed E-state index contributed by atoms with van der Waals surface area (Å²) in [5, 5.41) is 4.17. The topological polar surface area (TPSA) is 33.2 Å². The van der Waals surface area contributed by atoms with Gasteiger partial charge in [-0.3, -0.25) is 4.79 Å². The van der Waals surface area contributed by atoms with E-state index in [-0.39, 0.29) is 5.78 Å². The minimum atomic E-state index is 0.0672. The van der Waals surface area contributed by atoms with Crippen molar-refractivity contribution < 1.29 is 4.79 Å². The molecule has 0 radical (unpaired) electrons.